The summed E-state index contributed by atoms with van der Waals surface area (Å²) in [4.78, 5) is 4.47. The number of nitrogens with zero attached hydrogens (tertiary/aromatic N) is 3. The first-order valence-corrected chi connectivity index (χ1v) is 6.54. The third-order valence-corrected chi connectivity index (χ3v) is 3.71. The molecule has 0 fully saturated rings. The quantitative estimate of drug-likeness (QED) is 0.741. The minimum Gasteiger partial charge on any atom is -0.382 e. The Kier molecular flexibility index (Phi) is 2.35. The first-order valence-electron chi connectivity index (χ1n) is 6.54. The number of anilines is 1. The van der Waals surface area contributed by atoms with E-state index in [1.807, 2.05) is 6.07 Å². The fourth-order valence-electron chi connectivity index (χ4n) is 2.76. The van der Waals surface area contributed by atoms with Crippen LogP contribution in [0.1, 0.15) is 29.3 Å². The van der Waals surface area contributed by atoms with Crippen LogP contribution in [0.4, 0.5) is 5.82 Å². The van der Waals surface area contributed by atoms with Crippen molar-refractivity contribution in [2.24, 2.45) is 0 Å². The lowest BCUT2D eigenvalue weighted by Gasteiger charge is -2.05. The van der Waals surface area contributed by atoms with Crippen molar-refractivity contribution in [3.8, 4) is 11.6 Å². The van der Waals surface area contributed by atoms with E-state index < -0.39 is 0 Å². The first kappa shape index (κ1) is 11.2. The predicted molar refractivity (Wildman–Crippen MR) is 72.9 cm³/mol. The molecule has 2 heterocycles. The van der Waals surface area contributed by atoms with Crippen molar-refractivity contribution >= 4 is 5.82 Å². The summed E-state index contributed by atoms with van der Waals surface area (Å²) >= 11 is 0. The highest BCUT2D eigenvalue weighted by Crippen LogP contribution is 2.37. The minimum absolute atomic E-state index is 0.212. The lowest BCUT2D eigenvalue weighted by Crippen LogP contribution is -1.98. The van der Waals surface area contributed by atoms with Crippen molar-refractivity contribution in [3.05, 3.63) is 47.3 Å². The maximum Gasteiger partial charge on any atom is 0.276 e. The second kappa shape index (κ2) is 4.19. The Morgan fingerprint density at radius 1 is 1.30 bits per heavy atom. The number of aromatic nitrogens is 4. The number of nitrogens with one attached hydrogen (secondary N) is 1. The monoisotopic (exact) mass is 267 g/mol. The zero-order valence-corrected chi connectivity index (χ0v) is 10.7. The van der Waals surface area contributed by atoms with Crippen LogP contribution < -0.4 is 5.73 Å². The van der Waals surface area contributed by atoms with E-state index in [1.54, 1.807) is 6.07 Å². The van der Waals surface area contributed by atoms with Gasteiger partial charge in [-0.25, -0.2) is 0 Å². The van der Waals surface area contributed by atoms with Crippen LogP contribution in [0, 0.1) is 0 Å². The van der Waals surface area contributed by atoms with Gasteiger partial charge in [-0.3, -0.25) is 5.10 Å². The standard InChI is InChI=1S/C14H13N5O/c15-12-7-11(17-18-12)14-16-13(19-20-14)10-6-5-8-3-1-2-4-9(8)10/h1-4,7,10H,5-6H2,(H3,15,17,18). The lowest BCUT2D eigenvalue weighted by atomic mass is 10.0. The van der Waals surface area contributed by atoms with Crippen molar-refractivity contribution in [2.75, 3.05) is 5.73 Å². The number of hydrogen-bond acceptors (Lipinski definition) is 5. The summed E-state index contributed by atoms with van der Waals surface area (Å²) in [5.74, 6) is 1.77. The number of benzene rings is 1. The molecule has 6 nitrogen and oxygen atoms in total. The normalized spacial score (nSPS) is 17.3. The summed E-state index contributed by atoms with van der Waals surface area (Å²) in [6.07, 6.45) is 2.07. The minimum atomic E-state index is 0.212. The van der Waals surface area contributed by atoms with Crippen LogP contribution in [0.5, 0.6) is 0 Å². The molecule has 1 aliphatic rings. The molecule has 1 aliphatic carbocycles. The van der Waals surface area contributed by atoms with Gasteiger partial charge in [0, 0.05) is 12.0 Å². The van der Waals surface area contributed by atoms with Crippen molar-refractivity contribution < 1.29 is 4.52 Å². The van der Waals surface area contributed by atoms with E-state index in [2.05, 4.69) is 38.5 Å². The second-order valence-corrected chi connectivity index (χ2v) is 4.95. The van der Waals surface area contributed by atoms with Crippen LogP contribution in [0.15, 0.2) is 34.9 Å². The third kappa shape index (κ3) is 1.69. The molecule has 100 valence electrons. The molecule has 4 rings (SSSR count). The molecule has 0 saturated carbocycles. The maximum atomic E-state index is 5.58. The molecule has 6 heteroatoms. The Morgan fingerprint density at radius 3 is 3.05 bits per heavy atom. The molecular weight excluding hydrogens is 254 g/mol. The number of hydrogen-bond donors (Lipinski definition) is 2. The molecule has 1 atom stereocenters. The van der Waals surface area contributed by atoms with E-state index in [4.69, 9.17) is 10.3 Å². The summed E-state index contributed by atoms with van der Waals surface area (Å²) in [6, 6.07) is 10.1. The van der Waals surface area contributed by atoms with Crippen molar-refractivity contribution in [2.45, 2.75) is 18.8 Å². The largest absolute Gasteiger partial charge is 0.382 e. The van der Waals surface area contributed by atoms with Crippen LogP contribution in [-0.4, -0.2) is 20.3 Å². The third-order valence-electron chi connectivity index (χ3n) is 3.71. The highest BCUT2D eigenvalue weighted by Gasteiger charge is 2.28. The molecule has 0 radical (unpaired) electrons. The molecule has 1 unspecified atom stereocenters. The zero-order chi connectivity index (χ0) is 13.5. The number of H-pyrrole nitrogens is 1. The number of aryl methyl sites for hydroxylation is 1. The molecule has 0 saturated heterocycles. The van der Waals surface area contributed by atoms with Gasteiger partial charge in [0.1, 0.15) is 11.5 Å². The van der Waals surface area contributed by atoms with E-state index in [0.29, 0.717) is 17.4 Å². The van der Waals surface area contributed by atoms with E-state index in [9.17, 15) is 0 Å². The van der Waals surface area contributed by atoms with Gasteiger partial charge in [0.2, 0.25) is 0 Å². The molecule has 0 amide bonds. The smallest absolute Gasteiger partial charge is 0.276 e. The average Bonchev–Trinajstić information content (AvgIpc) is 3.15. The van der Waals surface area contributed by atoms with Crippen LogP contribution in [0.25, 0.3) is 11.6 Å². The van der Waals surface area contributed by atoms with Gasteiger partial charge >= 0.3 is 0 Å². The zero-order valence-electron chi connectivity index (χ0n) is 10.7. The fourth-order valence-corrected chi connectivity index (χ4v) is 2.76. The molecule has 0 bridgehead atoms. The van der Waals surface area contributed by atoms with E-state index >= 15 is 0 Å². The molecule has 0 spiro atoms. The van der Waals surface area contributed by atoms with Crippen molar-refractivity contribution in [1.29, 1.82) is 0 Å². The molecular formula is C14H13N5O. The fraction of sp³-hybridized carbons (Fsp3) is 0.214. The number of fused-ring (bicyclic) bond motifs is 1. The van der Waals surface area contributed by atoms with Gasteiger partial charge in [0.15, 0.2) is 5.82 Å². The number of nitrogen functional groups attached to an aromatic ring is 1. The van der Waals surface area contributed by atoms with Gasteiger partial charge < -0.3 is 10.3 Å². The van der Waals surface area contributed by atoms with Crippen LogP contribution in [0.3, 0.4) is 0 Å². The Labute approximate surface area is 115 Å². The van der Waals surface area contributed by atoms with Gasteiger partial charge in [0.05, 0.1) is 0 Å². The molecule has 0 aliphatic heterocycles. The van der Waals surface area contributed by atoms with E-state index in [-0.39, 0.29) is 5.92 Å². The van der Waals surface area contributed by atoms with Crippen LogP contribution in [-0.2, 0) is 6.42 Å². The van der Waals surface area contributed by atoms with Gasteiger partial charge in [-0.15, -0.1) is 0 Å². The topological polar surface area (TPSA) is 93.6 Å². The van der Waals surface area contributed by atoms with Crippen LogP contribution in [0.2, 0.25) is 0 Å². The van der Waals surface area contributed by atoms with Gasteiger partial charge in [-0.1, -0.05) is 29.4 Å². The summed E-state index contributed by atoms with van der Waals surface area (Å²) in [5, 5.41) is 10.7. The number of rotatable bonds is 2. The molecule has 1 aromatic carbocycles. The Balaban J connectivity index is 1.70. The summed E-state index contributed by atoms with van der Waals surface area (Å²) in [5.41, 5.74) is 8.89. The maximum absolute atomic E-state index is 5.58. The SMILES string of the molecule is Nc1cc(-c2nc(C3CCc4ccccc43)no2)[nH]n1. The first-order chi connectivity index (χ1) is 9.81. The Hall–Kier alpha value is -2.63. The molecule has 3 N–H and O–H groups in total. The number of aromatic amines is 1. The number of nitrogens with two attached hydrogens (primary N) is 1. The summed E-state index contributed by atoms with van der Waals surface area (Å²) in [7, 11) is 0. The Morgan fingerprint density at radius 2 is 2.20 bits per heavy atom. The van der Waals surface area contributed by atoms with E-state index in [0.717, 1.165) is 18.7 Å². The van der Waals surface area contributed by atoms with E-state index in [1.165, 1.54) is 11.1 Å². The second-order valence-electron chi connectivity index (χ2n) is 4.95. The van der Waals surface area contributed by atoms with Crippen molar-refractivity contribution in [1.82, 2.24) is 20.3 Å². The molecule has 2 aromatic heterocycles. The highest BCUT2D eigenvalue weighted by atomic mass is 16.5. The lowest BCUT2D eigenvalue weighted by molar-refractivity contribution is 0.417. The summed E-state index contributed by atoms with van der Waals surface area (Å²) < 4.78 is 5.30. The summed E-state index contributed by atoms with van der Waals surface area (Å²) in [6.45, 7) is 0. The van der Waals surface area contributed by atoms with Gasteiger partial charge in [-0.2, -0.15) is 10.1 Å². The molecule has 20 heavy (non-hydrogen) atoms. The molecule has 3 aromatic rings. The van der Waals surface area contributed by atoms with Crippen LogP contribution >= 0.6 is 0 Å². The highest BCUT2D eigenvalue weighted by molar-refractivity contribution is 5.52. The Bertz CT molecular complexity index is 760. The predicted octanol–water partition coefficient (Wildman–Crippen LogP) is 2.12. The van der Waals surface area contributed by atoms with Gasteiger partial charge in [0.25, 0.3) is 5.89 Å². The average molecular weight is 267 g/mol. The van der Waals surface area contributed by atoms with Gasteiger partial charge in [-0.05, 0) is 24.0 Å². The van der Waals surface area contributed by atoms with Crippen molar-refractivity contribution in [3.63, 3.8) is 0 Å².